The summed E-state index contributed by atoms with van der Waals surface area (Å²) in [4.78, 5) is 22.2. The van der Waals surface area contributed by atoms with Gasteiger partial charge in [0.25, 0.3) is 5.56 Å². The Kier molecular flexibility index (Phi) is 6.83. The summed E-state index contributed by atoms with van der Waals surface area (Å²) in [5.74, 6) is 0.337. The molecule has 3 N–H and O–H groups in total. The summed E-state index contributed by atoms with van der Waals surface area (Å²) >= 11 is 12.0. The Balaban J connectivity index is 1.36. The van der Waals surface area contributed by atoms with Crippen LogP contribution < -0.4 is 16.2 Å². The van der Waals surface area contributed by atoms with Gasteiger partial charge in [-0.15, -0.1) is 5.10 Å². The molecule has 0 unspecified atom stereocenters. The fraction of sp³-hybridized carbons (Fsp3) is 0.474. The Hall–Kier alpha value is -2.20. The van der Waals surface area contributed by atoms with Crippen LogP contribution in [0.3, 0.4) is 0 Å². The Morgan fingerprint density at radius 1 is 1.10 bits per heavy atom. The van der Waals surface area contributed by atoms with Crippen LogP contribution in [-0.4, -0.2) is 62.6 Å². The van der Waals surface area contributed by atoms with Crippen LogP contribution >= 0.6 is 23.2 Å². The third kappa shape index (κ3) is 5.10. The van der Waals surface area contributed by atoms with E-state index >= 15 is 0 Å². The minimum atomic E-state index is -0.260. The number of nitrogens with one attached hydrogen (secondary N) is 3. The van der Waals surface area contributed by atoms with Crippen molar-refractivity contribution >= 4 is 40.3 Å². The van der Waals surface area contributed by atoms with Gasteiger partial charge in [0.2, 0.25) is 11.6 Å². The first kappa shape index (κ1) is 21.0. The van der Waals surface area contributed by atoms with Crippen molar-refractivity contribution in [3.63, 3.8) is 0 Å². The standard InChI is InChI=1S/C19H24Cl2N8O/c20-14-4-3-13(11-15(14)21)12-23-19-24-17-16(18(30)25-19)29(27-26-17)8-2-1-7-28-9-5-22-6-10-28/h3-4,11,22H,1-2,5-10,12H2,(H2,23,24,25,30). The third-order valence-electron chi connectivity index (χ3n) is 5.13. The van der Waals surface area contributed by atoms with Gasteiger partial charge in [0.1, 0.15) is 0 Å². The Morgan fingerprint density at radius 3 is 2.70 bits per heavy atom. The molecule has 0 radical (unpaired) electrons. The van der Waals surface area contributed by atoms with E-state index in [4.69, 9.17) is 23.2 Å². The summed E-state index contributed by atoms with van der Waals surface area (Å²) in [6.45, 7) is 6.43. The van der Waals surface area contributed by atoms with Gasteiger partial charge < -0.3 is 15.5 Å². The number of hydrogen-bond acceptors (Lipinski definition) is 7. The second kappa shape index (κ2) is 9.74. The monoisotopic (exact) mass is 450 g/mol. The quantitative estimate of drug-likeness (QED) is 0.451. The highest BCUT2D eigenvalue weighted by Crippen LogP contribution is 2.22. The molecule has 1 aliphatic rings. The second-order valence-electron chi connectivity index (χ2n) is 7.30. The van der Waals surface area contributed by atoms with Gasteiger partial charge in [0, 0.05) is 39.3 Å². The molecular weight excluding hydrogens is 427 g/mol. The van der Waals surface area contributed by atoms with Crippen LogP contribution in [0.15, 0.2) is 23.0 Å². The van der Waals surface area contributed by atoms with Gasteiger partial charge >= 0.3 is 0 Å². The highest BCUT2D eigenvalue weighted by Gasteiger charge is 2.13. The minimum absolute atomic E-state index is 0.260. The molecule has 4 rings (SSSR count). The predicted molar refractivity (Wildman–Crippen MR) is 118 cm³/mol. The summed E-state index contributed by atoms with van der Waals surface area (Å²) < 4.78 is 1.64. The van der Waals surface area contributed by atoms with Crippen molar-refractivity contribution in [2.45, 2.75) is 25.9 Å². The molecule has 0 atom stereocenters. The highest BCUT2D eigenvalue weighted by molar-refractivity contribution is 6.42. The van der Waals surface area contributed by atoms with E-state index in [1.54, 1.807) is 16.8 Å². The number of rotatable bonds is 8. The molecule has 0 aliphatic carbocycles. The van der Waals surface area contributed by atoms with E-state index in [1.807, 2.05) is 6.07 Å². The Labute approximate surface area is 183 Å². The zero-order chi connectivity index (χ0) is 20.9. The van der Waals surface area contributed by atoms with E-state index in [2.05, 4.69) is 35.8 Å². The maximum Gasteiger partial charge on any atom is 0.280 e. The van der Waals surface area contributed by atoms with E-state index in [0.29, 0.717) is 40.2 Å². The fourth-order valence-electron chi connectivity index (χ4n) is 3.51. The number of aromatic amines is 1. The number of H-pyrrole nitrogens is 1. The summed E-state index contributed by atoms with van der Waals surface area (Å²) in [5.41, 5.74) is 1.39. The van der Waals surface area contributed by atoms with Crippen LogP contribution in [0.2, 0.25) is 10.0 Å². The van der Waals surface area contributed by atoms with Gasteiger partial charge in [-0.05, 0) is 37.1 Å². The zero-order valence-corrected chi connectivity index (χ0v) is 18.0. The molecule has 2 aromatic heterocycles. The van der Waals surface area contributed by atoms with E-state index in [9.17, 15) is 4.79 Å². The van der Waals surface area contributed by atoms with E-state index in [0.717, 1.165) is 51.1 Å². The van der Waals surface area contributed by atoms with Crippen molar-refractivity contribution in [3.05, 3.63) is 44.2 Å². The molecule has 0 amide bonds. The Bertz CT molecular complexity index is 1060. The molecule has 30 heavy (non-hydrogen) atoms. The molecule has 0 saturated carbocycles. The average Bonchev–Trinajstić information content (AvgIpc) is 3.16. The van der Waals surface area contributed by atoms with Crippen LogP contribution in [-0.2, 0) is 13.1 Å². The van der Waals surface area contributed by atoms with Crippen LogP contribution in [0.4, 0.5) is 5.95 Å². The van der Waals surface area contributed by atoms with Crippen molar-refractivity contribution < 1.29 is 0 Å². The van der Waals surface area contributed by atoms with Gasteiger partial charge in [-0.1, -0.05) is 34.5 Å². The third-order valence-corrected chi connectivity index (χ3v) is 5.87. The number of fused-ring (bicyclic) bond motifs is 1. The van der Waals surface area contributed by atoms with E-state index < -0.39 is 0 Å². The van der Waals surface area contributed by atoms with Crippen LogP contribution in [0.1, 0.15) is 18.4 Å². The van der Waals surface area contributed by atoms with Gasteiger partial charge in [-0.25, -0.2) is 4.68 Å². The fourth-order valence-corrected chi connectivity index (χ4v) is 3.83. The number of anilines is 1. The summed E-state index contributed by atoms with van der Waals surface area (Å²) in [6.07, 6.45) is 1.98. The van der Waals surface area contributed by atoms with Gasteiger partial charge in [0.05, 0.1) is 10.0 Å². The number of hydrogen-bond donors (Lipinski definition) is 3. The zero-order valence-electron chi connectivity index (χ0n) is 16.5. The first-order valence-electron chi connectivity index (χ1n) is 10.0. The normalized spacial score (nSPS) is 15.0. The molecule has 11 heteroatoms. The van der Waals surface area contributed by atoms with Crippen molar-refractivity contribution in [2.24, 2.45) is 0 Å². The number of piperazine rings is 1. The number of nitrogens with zero attached hydrogens (tertiary/aromatic N) is 5. The first-order valence-corrected chi connectivity index (χ1v) is 10.8. The smallest absolute Gasteiger partial charge is 0.280 e. The highest BCUT2D eigenvalue weighted by atomic mass is 35.5. The summed E-state index contributed by atoms with van der Waals surface area (Å²) in [6, 6.07) is 5.35. The molecule has 1 fully saturated rings. The Morgan fingerprint density at radius 2 is 1.90 bits per heavy atom. The molecule has 0 spiro atoms. The molecular formula is C19H24Cl2N8O. The second-order valence-corrected chi connectivity index (χ2v) is 8.11. The minimum Gasteiger partial charge on any atom is -0.352 e. The predicted octanol–water partition coefficient (Wildman–Crippen LogP) is 2.12. The van der Waals surface area contributed by atoms with Crippen LogP contribution in [0, 0.1) is 0 Å². The lowest BCUT2D eigenvalue weighted by Gasteiger charge is -2.26. The number of aromatic nitrogens is 5. The van der Waals surface area contributed by atoms with Crippen LogP contribution in [0.5, 0.6) is 0 Å². The van der Waals surface area contributed by atoms with E-state index in [-0.39, 0.29) is 5.56 Å². The van der Waals surface area contributed by atoms with Gasteiger partial charge in [0.15, 0.2) is 5.52 Å². The van der Waals surface area contributed by atoms with Gasteiger partial charge in [-0.2, -0.15) is 4.98 Å². The molecule has 160 valence electrons. The largest absolute Gasteiger partial charge is 0.352 e. The number of unbranched alkanes of at least 4 members (excludes halogenated alkanes) is 1. The molecule has 1 aliphatic heterocycles. The number of halogens is 2. The molecule has 1 aromatic carbocycles. The lowest BCUT2D eigenvalue weighted by molar-refractivity contribution is 0.235. The average molecular weight is 451 g/mol. The molecule has 1 saturated heterocycles. The molecule has 9 nitrogen and oxygen atoms in total. The van der Waals surface area contributed by atoms with Crippen molar-refractivity contribution in [2.75, 3.05) is 38.0 Å². The lowest BCUT2D eigenvalue weighted by Crippen LogP contribution is -2.43. The molecule has 3 aromatic rings. The lowest BCUT2D eigenvalue weighted by atomic mass is 10.2. The summed E-state index contributed by atoms with van der Waals surface area (Å²) in [7, 11) is 0. The first-order chi connectivity index (χ1) is 14.6. The van der Waals surface area contributed by atoms with Crippen molar-refractivity contribution in [3.8, 4) is 0 Å². The van der Waals surface area contributed by atoms with E-state index in [1.165, 1.54) is 0 Å². The SMILES string of the molecule is O=c1[nH]c(NCc2ccc(Cl)c(Cl)c2)nc2nnn(CCCCN3CCNCC3)c12. The van der Waals surface area contributed by atoms with Crippen molar-refractivity contribution in [1.82, 2.24) is 35.2 Å². The maximum absolute atomic E-state index is 12.6. The summed E-state index contributed by atoms with van der Waals surface area (Å²) in [5, 5.41) is 15.6. The molecule has 0 bridgehead atoms. The number of aryl methyl sites for hydroxylation is 1. The number of benzene rings is 1. The van der Waals surface area contributed by atoms with Gasteiger partial charge in [-0.3, -0.25) is 9.78 Å². The molecule has 3 heterocycles. The van der Waals surface area contributed by atoms with Crippen molar-refractivity contribution in [1.29, 1.82) is 0 Å². The van der Waals surface area contributed by atoms with Crippen LogP contribution in [0.25, 0.3) is 11.2 Å². The maximum atomic E-state index is 12.6. The topological polar surface area (TPSA) is 104 Å².